The molecule has 0 bridgehead atoms. The number of nitrogens with two attached hydrogens (primary N) is 1. The Kier molecular flexibility index (Phi) is 8.92. The van der Waals surface area contributed by atoms with E-state index in [0.29, 0.717) is 18.0 Å². The molecule has 1 unspecified atom stereocenters. The van der Waals surface area contributed by atoms with E-state index in [0.717, 1.165) is 45.3 Å². The summed E-state index contributed by atoms with van der Waals surface area (Å²) >= 11 is 6.35. The first kappa shape index (κ1) is 24.4. The standard InChI is InChI=1S/C22H36ClN5O2/c1-6-25-20(23)18(19(24)17-13-15(2)30-27-17)21(29)26-16-9-7-8-11-28(14-16)12-10-22(3,4)5/h13,16H,6-12,14,24H2,1-5H3,(H,26,29)/b19-18+,25-20?. The number of aryl methyl sites for hydroxylation is 1. The van der Waals surface area contributed by atoms with Gasteiger partial charge < -0.3 is 20.5 Å². The molecule has 30 heavy (non-hydrogen) atoms. The number of nitrogens with zero attached hydrogens (tertiary/aromatic N) is 3. The molecule has 1 atom stereocenters. The summed E-state index contributed by atoms with van der Waals surface area (Å²) < 4.78 is 5.10. The van der Waals surface area contributed by atoms with Crippen molar-refractivity contribution in [2.45, 2.75) is 66.3 Å². The maximum atomic E-state index is 13.2. The molecule has 168 valence electrons. The zero-order valence-electron chi connectivity index (χ0n) is 18.9. The molecule has 0 saturated carbocycles. The molecular weight excluding hydrogens is 402 g/mol. The Labute approximate surface area is 185 Å². The van der Waals surface area contributed by atoms with Crippen LogP contribution in [0.1, 0.15) is 64.8 Å². The molecule has 1 aromatic rings. The molecular formula is C22H36ClN5O2. The van der Waals surface area contributed by atoms with E-state index in [9.17, 15) is 4.79 Å². The molecule has 2 heterocycles. The van der Waals surface area contributed by atoms with Crippen molar-refractivity contribution in [1.29, 1.82) is 0 Å². The van der Waals surface area contributed by atoms with Crippen molar-refractivity contribution in [3.8, 4) is 0 Å². The molecule has 0 aliphatic carbocycles. The molecule has 1 aromatic heterocycles. The van der Waals surface area contributed by atoms with Crippen LogP contribution in [-0.2, 0) is 4.79 Å². The highest BCUT2D eigenvalue weighted by atomic mass is 35.5. The second-order valence-corrected chi connectivity index (χ2v) is 9.51. The molecule has 7 nitrogen and oxygen atoms in total. The quantitative estimate of drug-likeness (QED) is 0.500. The van der Waals surface area contributed by atoms with E-state index in [1.807, 2.05) is 6.92 Å². The maximum absolute atomic E-state index is 13.2. The van der Waals surface area contributed by atoms with Gasteiger partial charge in [-0.1, -0.05) is 43.9 Å². The Balaban J connectivity index is 2.18. The zero-order valence-corrected chi connectivity index (χ0v) is 19.7. The van der Waals surface area contributed by atoms with Crippen LogP contribution in [0.25, 0.3) is 5.70 Å². The summed E-state index contributed by atoms with van der Waals surface area (Å²) in [7, 11) is 0. The molecule has 0 aromatic carbocycles. The number of halogens is 1. The summed E-state index contributed by atoms with van der Waals surface area (Å²) in [5, 5.41) is 7.15. The molecule has 1 amide bonds. The predicted octanol–water partition coefficient (Wildman–Crippen LogP) is 3.72. The Hall–Kier alpha value is -1.86. The predicted molar refractivity (Wildman–Crippen MR) is 122 cm³/mol. The van der Waals surface area contributed by atoms with E-state index in [1.54, 1.807) is 13.0 Å². The second-order valence-electron chi connectivity index (χ2n) is 9.15. The summed E-state index contributed by atoms with van der Waals surface area (Å²) in [6.45, 7) is 13.7. The highest BCUT2D eigenvalue weighted by molar-refractivity contribution is 6.73. The maximum Gasteiger partial charge on any atom is 0.256 e. The third-order valence-electron chi connectivity index (χ3n) is 5.17. The fourth-order valence-corrected chi connectivity index (χ4v) is 3.77. The first-order valence-corrected chi connectivity index (χ1v) is 11.2. The van der Waals surface area contributed by atoms with E-state index < -0.39 is 0 Å². The average Bonchev–Trinajstić information content (AvgIpc) is 2.96. The number of rotatable bonds is 7. The van der Waals surface area contributed by atoms with Crippen LogP contribution in [0.2, 0.25) is 0 Å². The topological polar surface area (TPSA) is 96.8 Å². The summed E-state index contributed by atoms with van der Waals surface area (Å²) in [6, 6.07) is 1.71. The summed E-state index contributed by atoms with van der Waals surface area (Å²) in [6.07, 6.45) is 4.26. The lowest BCUT2D eigenvalue weighted by Crippen LogP contribution is -2.44. The Morgan fingerprint density at radius 1 is 1.43 bits per heavy atom. The molecule has 8 heteroatoms. The highest BCUT2D eigenvalue weighted by Crippen LogP contribution is 2.21. The van der Waals surface area contributed by atoms with Gasteiger partial charge in [0.1, 0.15) is 22.2 Å². The number of aromatic nitrogens is 1. The smallest absolute Gasteiger partial charge is 0.256 e. The van der Waals surface area contributed by atoms with Gasteiger partial charge in [0.25, 0.3) is 5.91 Å². The summed E-state index contributed by atoms with van der Waals surface area (Å²) in [5.74, 6) is 0.285. The molecule has 1 saturated heterocycles. The van der Waals surface area contributed by atoms with Crippen molar-refractivity contribution in [1.82, 2.24) is 15.4 Å². The SMILES string of the molecule is CCN=C(Cl)/C(C(=O)NC1CCCCN(CCC(C)(C)C)C1)=C(\N)c1cc(C)on1. The van der Waals surface area contributed by atoms with Crippen molar-refractivity contribution in [3.63, 3.8) is 0 Å². The molecule has 0 spiro atoms. The highest BCUT2D eigenvalue weighted by Gasteiger charge is 2.26. The van der Waals surface area contributed by atoms with Crippen LogP contribution < -0.4 is 11.1 Å². The average molecular weight is 438 g/mol. The zero-order chi connectivity index (χ0) is 22.3. The van der Waals surface area contributed by atoms with Gasteiger partial charge in [0.2, 0.25) is 0 Å². The third-order valence-corrected chi connectivity index (χ3v) is 5.48. The second kappa shape index (κ2) is 11.0. The first-order chi connectivity index (χ1) is 14.1. The van der Waals surface area contributed by atoms with Gasteiger partial charge in [0, 0.05) is 25.2 Å². The number of aliphatic imine (C=N–C) groups is 1. The van der Waals surface area contributed by atoms with Crippen LogP contribution >= 0.6 is 11.6 Å². The van der Waals surface area contributed by atoms with Gasteiger partial charge in [-0.15, -0.1) is 0 Å². The summed E-state index contributed by atoms with van der Waals surface area (Å²) in [4.78, 5) is 19.8. The number of carbonyl (C=O) groups excluding carboxylic acids is 1. The molecule has 3 N–H and O–H groups in total. The fourth-order valence-electron chi connectivity index (χ4n) is 3.46. The van der Waals surface area contributed by atoms with E-state index in [4.69, 9.17) is 21.9 Å². The normalized spacial score (nSPS) is 19.9. The van der Waals surface area contributed by atoms with Crippen LogP contribution in [0.5, 0.6) is 0 Å². The molecule has 1 aliphatic heterocycles. The number of carbonyl (C=O) groups is 1. The van der Waals surface area contributed by atoms with Gasteiger partial charge in [0.15, 0.2) is 0 Å². The molecule has 2 rings (SSSR count). The molecule has 0 radical (unpaired) electrons. The minimum Gasteiger partial charge on any atom is -0.396 e. The van der Waals surface area contributed by atoms with Crippen LogP contribution in [0.4, 0.5) is 0 Å². The van der Waals surface area contributed by atoms with Crippen LogP contribution in [0, 0.1) is 12.3 Å². The van der Waals surface area contributed by atoms with Crippen LogP contribution in [0.3, 0.4) is 0 Å². The minimum absolute atomic E-state index is 0.0351. The lowest BCUT2D eigenvalue weighted by Gasteiger charge is -2.28. The van der Waals surface area contributed by atoms with Gasteiger partial charge in [-0.25, -0.2) is 0 Å². The number of amides is 1. The van der Waals surface area contributed by atoms with Crippen molar-refractivity contribution >= 4 is 28.4 Å². The first-order valence-electron chi connectivity index (χ1n) is 10.8. The van der Waals surface area contributed by atoms with E-state index in [-0.39, 0.29) is 33.8 Å². The number of likely N-dealkylation sites (tertiary alicyclic amines) is 1. The number of hydrogen-bond donors (Lipinski definition) is 2. The Morgan fingerprint density at radius 3 is 2.77 bits per heavy atom. The van der Waals surface area contributed by atoms with Gasteiger partial charge in [-0.05, 0) is 51.6 Å². The monoisotopic (exact) mass is 437 g/mol. The van der Waals surface area contributed by atoms with Gasteiger partial charge >= 0.3 is 0 Å². The molecule has 1 aliphatic rings. The van der Waals surface area contributed by atoms with Crippen molar-refractivity contribution in [2.24, 2.45) is 16.1 Å². The lowest BCUT2D eigenvalue weighted by atomic mass is 9.92. The third kappa shape index (κ3) is 7.43. The van der Waals surface area contributed by atoms with Gasteiger partial charge in [-0.2, -0.15) is 0 Å². The summed E-state index contributed by atoms with van der Waals surface area (Å²) in [5.41, 5.74) is 7.26. The van der Waals surface area contributed by atoms with E-state index in [2.05, 4.69) is 41.1 Å². The Morgan fingerprint density at radius 2 is 2.17 bits per heavy atom. The molecule has 1 fully saturated rings. The number of hydrogen-bond acceptors (Lipinski definition) is 6. The van der Waals surface area contributed by atoms with Crippen molar-refractivity contribution in [3.05, 3.63) is 23.1 Å². The fraction of sp³-hybridized carbons (Fsp3) is 0.682. The van der Waals surface area contributed by atoms with Crippen LogP contribution in [0.15, 0.2) is 21.2 Å². The largest absolute Gasteiger partial charge is 0.396 e. The number of nitrogens with one attached hydrogen (secondary N) is 1. The minimum atomic E-state index is -0.321. The Bertz CT molecular complexity index is 779. The van der Waals surface area contributed by atoms with E-state index >= 15 is 0 Å². The van der Waals surface area contributed by atoms with Gasteiger partial charge in [0.05, 0.1) is 5.70 Å². The lowest BCUT2D eigenvalue weighted by molar-refractivity contribution is -0.117. The van der Waals surface area contributed by atoms with E-state index in [1.165, 1.54) is 0 Å². The van der Waals surface area contributed by atoms with Crippen molar-refractivity contribution in [2.75, 3.05) is 26.2 Å². The van der Waals surface area contributed by atoms with Crippen molar-refractivity contribution < 1.29 is 9.32 Å². The van der Waals surface area contributed by atoms with Crippen LogP contribution in [-0.4, -0.2) is 53.4 Å². The van der Waals surface area contributed by atoms with Gasteiger partial charge in [-0.3, -0.25) is 9.79 Å².